The quantitative estimate of drug-likeness (QED) is 0.368. The van der Waals surface area contributed by atoms with Gasteiger partial charge in [-0.2, -0.15) is 0 Å². The van der Waals surface area contributed by atoms with Gasteiger partial charge in [-0.1, -0.05) is 44.2 Å². The van der Waals surface area contributed by atoms with Crippen LogP contribution in [0.4, 0.5) is 9.18 Å². The summed E-state index contributed by atoms with van der Waals surface area (Å²) < 4.78 is 17.7. The van der Waals surface area contributed by atoms with Gasteiger partial charge in [0.2, 0.25) is 11.8 Å². The topological polar surface area (TPSA) is 151 Å². The Kier molecular flexibility index (Phi) is 10.8. The maximum absolute atomic E-state index is 12.6. The minimum atomic E-state index is -1.56. The number of amides is 3. The first-order chi connectivity index (χ1) is 15.0. The van der Waals surface area contributed by atoms with E-state index in [0.717, 1.165) is 5.56 Å². The smallest absolute Gasteiger partial charge is 0.408 e. The van der Waals surface area contributed by atoms with Gasteiger partial charge in [-0.3, -0.25) is 19.2 Å². The van der Waals surface area contributed by atoms with E-state index < -0.39 is 60.9 Å². The van der Waals surface area contributed by atoms with Crippen molar-refractivity contribution >= 4 is 29.7 Å². The molecule has 0 fully saturated rings. The molecule has 0 aliphatic heterocycles. The van der Waals surface area contributed by atoms with Crippen LogP contribution in [-0.2, 0) is 30.5 Å². The number of benzene rings is 1. The second kappa shape index (κ2) is 13.0. The molecule has 3 amide bonds. The number of alkyl halides is 1. The Morgan fingerprint density at radius 1 is 0.969 bits per heavy atom. The van der Waals surface area contributed by atoms with Gasteiger partial charge in [0.15, 0.2) is 5.78 Å². The number of carboxylic acids is 1. The summed E-state index contributed by atoms with van der Waals surface area (Å²) in [6.07, 6.45) is -1.62. The number of carbonyl (C=O) groups is 5. The van der Waals surface area contributed by atoms with Gasteiger partial charge in [-0.15, -0.1) is 0 Å². The molecule has 176 valence electrons. The van der Waals surface area contributed by atoms with E-state index in [2.05, 4.69) is 16.0 Å². The highest BCUT2D eigenvalue weighted by Gasteiger charge is 2.30. The van der Waals surface area contributed by atoms with E-state index in [0.29, 0.717) is 0 Å². The van der Waals surface area contributed by atoms with E-state index in [4.69, 9.17) is 9.84 Å². The standard InChI is InChI=1S/C21H28FN3O7/c1-12(2)18(25-21(31)32-11-14-7-5-4-6-8-14)20(30)23-13(3)19(29)24-15(9-17(27)28)16(26)10-22/h4-8,12-13,15,18H,9-11H2,1-3H3,(H,23,30)(H,24,29)(H,25,31)(H,27,28)/t13-,15?,18-/m0/s1. The number of rotatable bonds is 12. The summed E-state index contributed by atoms with van der Waals surface area (Å²) in [5.41, 5.74) is 0.761. The van der Waals surface area contributed by atoms with Crippen LogP contribution in [0, 0.1) is 5.92 Å². The number of carboxylic acid groups (broad SMARTS) is 1. The zero-order chi connectivity index (χ0) is 24.3. The summed E-state index contributed by atoms with van der Waals surface area (Å²) in [6, 6.07) is 5.15. The lowest BCUT2D eigenvalue weighted by molar-refractivity contribution is -0.140. The molecule has 0 saturated carbocycles. The first kappa shape index (κ1) is 26.5. The van der Waals surface area contributed by atoms with Gasteiger partial charge < -0.3 is 25.8 Å². The van der Waals surface area contributed by atoms with Crippen molar-refractivity contribution < 1.29 is 38.2 Å². The summed E-state index contributed by atoms with van der Waals surface area (Å²) >= 11 is 0. The van der Waals surface area contributed by atoms with E-state index >= 15 is 0 Å². The summed E-state index contributed by atoms with van der Waals surface area (Å²) in [5, 5.41) is 15.7. The van der Waals surface area contributed by atoms with E-state index in [9.17, 15) is 28.4 Å². The van der Waals surface area contributed by atoms with Gasteiger partial charge in [0.05, 0.1) is 6.42 Å². The molecular formula is C21H28FN3O7. The van der Waals surface area contributed by atoms with Crippen molar-refractivity contribution in [1.29, 1.82) is 0 Å². The Morgan fingerprint density at radius 2 is 1.59 bits per heavy atom. The Hall–Kier alpha value is -3.50. The molecule has 1 aromatic carbocycles. The lowest BCUT2D eigenvalue weighted by Crippen LogP contribution is -2.56. The van der Waals surface area contributed by atoms with Crippen LogP contribution in [0.15, 0.2) is 30.3 Å². The third kappa shape index (κ3) is 9.11. The average Bonchev–Trinajstić information content (AvgIpc) is 2.74. The molecule has 10 nitrogen and oxygen atoms in total. The Labute approximate surface area is 184 Å². The Bertz CT molecular complexity index is 817. The molecule has 3 atom stereocenters. The number of Topliss-reactive ketones (excluding diaryl/α,β-unsaturated/α-hetero) is 1. The van der Waals surface area contributed by atoms with Gasteiger partial charge in [0, 0.05) is 0 Å². The van der Waals surface area contributed by atoms with E-state index in [1.54, 1.807) is 38.1 Å². The van der Waals surface area contributed by atoms with E-state index in [-0.39, 0.29) is 12.5 Å². The molecule has 0 aliphatic carbocycles. The molecule has 0 spiro atoms. The lowest BCUT2D eigenvalue weighted by Gasteiger charge is -2.24. The summed E-state index contributed by atoms with van der Waals surface area (Å²) in [5.74, 6) is -4.41. The van der Waals surface area contributed by atoms with Crippen LogP contribution in [0.3, 0.4) is 0 Å². The molecule has 0 aliphatic rings. The predicted octanol–water partition coefficient (Wildman–Crippen LogP) is 0.940. The molecule has 0 heterocycles. The SMILES string of the molecule is CC(C)[C@H](NC(=O)OCc1ccccc1)C(=O)N[C@@H](C)C(=O)NC(CC(=O)O)C(=O)CF. The Balaban J connectivity index is 2.67. The number of alkyl carbamates (subject to hydrolysis) is 1. The van der Waals surface area contributed by atoms with Crippen LogP contribution in [0.25, 0.3) is 0 Å². The minimum absolute atomic E-state index is 0.00544. The highest BCUT2D eigenvalue weighted by atomic mass is 19.1. The van der Waals surface area contributed by atoms with E-state index in [1.165, 1.54) is 6.92 Å². The molecule has 0 radical (unpaired) electrons. The van der Waals surface area contributed by atoms with Crippen LogP contribution < -0.4 is 16.0 Å². The fraction of sp³-hybridized carbons (Fsp3) is 0.476. The summed E-state index contributed by atoms with van der Waals surface area (Å²) in [6.45, 7) is 3.22. The van der Waals surface area contributed by atoms with Crippen molar-refractivity contribution in [2.45, 2.75) is 51.9 Å². The van der Waals surface area contributed by atoms with Crippen LogP contribution in [0.1, 0.15) is 32.8 Å². The van der Waals surface area contributed by atoms with Crippen LogP contribution >= 0.6 is 0 Å². The van der Waals surface area contributed by atoms with Gasteiger partial charge in [0.1, 0.15) is 31.4 Å². The molecule has 0 bridgehead atoms. The number of hydrogen-bond acceptors (Lipinski definition) is 6. The van der Waals surface area contributed by atoms with Crippen molar-refractivity contribution in [2.75, 3.05) is 6.67 Å². The van der Waals surface area contributed by atoms with Crippen LogP contribution in [-0.4, -0.2) is 59.6 Å². The number of halogens is 1. The number of ether oxygens (including phenoxy) is 1. The molecule has 4 N–H and O–H groups in total. The third-order valence-electron chi connectivity index (χ3n) is 4.40. The van der Waals surface area contributed by atoms with Crippen LogP contribution in [0.2, 0.25) is 0 Å². The minimum Gasteiger partial charge on any atom is -0.481 e. The molecular weight excluding hydrogens is 425 g/mol. The molecule has 1 aromatic rings. The van der Waals surface area contributed by atoms with Crippen LogP contribution in [0.5, 0.6) is 0 Å². The first-order valence-electron chi connectivity index (χ1n) is 9.93. The number of carbonyl (C=O) groups excluding carboxylic acids is 4. The monoisotopic (exact) mass is 453 g/mol. The van der Waals surface area contributed by atoms with Gasteiger partial charge in [-0.05, 0) is 18.4 Å². The maximum Gasteiger partial charge on any atom is 0.408 e. The molecule has 32 heavy (non-hydrogen) atoms. The van der Waals surface area contributed by atoms with Crippen molar-refractivity contribution in [3.63, 3.8) is 0 Å². The lowest BCUT2D eigenvalue weighted by atomic mass is 10.0. The molecule has 1 unspecified atom stereocenters. The third-order valence-corrected chi connectivity index (χ3v) is 4.40. The average molecular weight is 453 g/mol. The van der Waals surface area contributed by atoms with Crippen molar-refractivity contribution in [2.24, 2.45) is 5.92 Å². The Morgan fingerprint density at radius 3 is 2.12 bits per heavy atom. The number of aliphatic carboxylic acids is 1. The highest BCUT2D eigenvalue weighted by Crippen LogP contribution is 2.06. The molecule has 11 heteroatoms. The summed E-state index contributed by atoms with van der Waals surface area (Å²) in [7, 11) is 0. The number of ketones is 1. The highest BCUT2D eigenvalue weighted by molar-refractivity contribution is 5.95. The number of nitrogens with one attached hydrogen (secondary N) is 3. The molecule has 1 rings (SSSR count). The number of hydrogen-bond donors (Lipinski definition) is 4. The van der Waals surface area contributed by atoms with Gasteiger partial charge >= 0.3 is 12.1 Å². The molecule has 0 saturated heterocycles. The second-order valence-electron chi connectivity index (χ2n) is 7.42. The largest absolute Gasteiger partial charge is 0.481 e. The van der Waals surface area contributed by atoms with Crippen molar-refractivity contribution in [3.8, 4) is 0 Å². The zero-order valence-corrected chi connectivity index (χ0v) is 18.1. The van der Waals surface area contributed by atoms with Crippen molar-refractivity contribution in [3.05, 3.63) is 35.9 Å². The predicted molar refractivity (Wildman–Crippen MR) is 111 cm³/mol. The van der Waals surface area contributed by atoms with Gasteiger partial charge in [0.25, 0.3) is 0 Å². The van der Waals surface area contributed by atoms with Gasteiger partial charge in [-0.25, -0.2) is 9.18 Å². The normalized spacial score (nSPS) is 13.4. The summed E-state index contributed by atoms with van der Waals surface area (Å²) in [4.78, 5) is 59.3. The van der Waals surface area contributed by atoms with Crippen molar-refractivity contribution in [1.82, 2.24) is 16.0 Å². The maximum atomic E-state index is 12.6. The zero-order valence-electron chi connectivity index (χ0n) is 18.1. The van der Waals surface area contributed by atoms with E-state index in [1.807, 2.05) is 6.07 Å². The first-order valence-corrected chi connectivity index (χ1v) is 9.93. The fourth-order valence-corrected chi connectivity index (χ4v) is 2.61. The second-order valence-corrected chi connectivity index (χ2v) is 7.42. The molecule has 0 aromatic heterocycles. The fourth-order valence-electron chi connectivity index (χ4n) is 2.61.